The monoisotopic (exact) mass is 364 g/mol. The van der Waals surface area contributed by atoms with Gasteiger partial charge in [0.25, 0.3) is 5.91 Å². The molecule has 108 valence electrons. The number of halogens is 2. The number of carbonyl (C=O) groups is 1. The third-order valence-electron chi connectivity index (χ3n) is 2.92. The molecule has 0 saturated heterocycles. The molecule has 0 bridgehead atoms. The number of hydrogen-bond donors (Lipinski definition) is 1. The lowest BCUT2D eigenvalue weighted by Crippen LogP contribution is -2.20. The van der Waals surface area contributed by atoms with Crippen LogP contribution in [0.15, 0.2) is 58.1 Å². The highest BCUT2D eigenvalue weighted by Gasteiger charge is 2.09. The first-order valence-corrected chi connectivity index (χ1v) is 7.66. The molecule has 0 fully saturated rings. The molecule has 2 aromatic rings. The fourth-order valence-electron chi connectivity index (χ4n) is 1.81. The maximum Gasteiger partial charge on any atom is 0.272 e. The summed E-state index contributed by atoms with van der Waals surface area (Å²) in [6, 6.07) is 14.6. The van der Waals surface area contributed by atoms with E-state index < -0.39 is 0 Å². The lowest BCUT2D eigenvalue weighted by molar-refractivity contribution is 0.0954. The quantitative estimate of drug-likeness (QED) is 0.622. The first kappa shape index (κ1) is 15.7. The summed E-state index contributed by atoms with van der Waals surface area (Å²) in [7, 11) is 0. The van der Waals surface area contributed by atoms with Crippen molar-refractivity contribution in [2.75, 3.05) is 0 Å². The minimum Gasteiger partial charge on any atom is -0.267 e. The molecule has 0 saturated carbocycles. The van der Waals surface area contributed by atoms with Crippen LogP contribution in [0.4, 0.5) is 0 Å². The smallest absolute Gasteiger partial charge is 0.267 e. The van der Waals surface area contributed by atoms with Crippen molar-refractivity contribution in [1.82, 2.24) is 5.43 Å². The van der Waals surface area contributed by atoms with E-state index in [0.29, 0.717) is 17.0 Å². The van der Waals surface area contributed by atoms with E-state index in [9.17, 15) is 4.79 Å². The molecule has 0 atom stereocenters. The highest BCUT2D eigenvalue weighted by atomic mass is 79.9. The second kappa shape index (κ2) is 7.38. The second-order valence-corrected chi connectivity index (χ2v) is 5.63. The number of amides is 1. The average Bonchev–Trinajstić information content (AvgIpc) is 2.49. The summed E-state index contributed by atoms with van der Waals surface area (Å²) in [5.74, 6) is -0.248. The van der Waals surface area contributed by atoms with E-state index in [2.05, 4.69) is 26.5 Å². The van der Waals surface area contributed by atoms with Gasteiger partial charge in [-0.2, -0.15) is 5.10 Å². The number of benzene rings is 2. The predicted molar refractivity (Wildman–Crippen MR) is 89.9 cm³/mol. The maximum atomic E-state index is 12.1. The Balaban J connectivity index is 2.16. The Hall–Kier alpha value is -1.65. The van der Waals surface area contributed by atoms with E-state index in [1.54, 1.807) is 18.2 Å². The number of hydrogen-bond acceptors (Lipinski definition) is 2. The van der Waals surface area contributed by atoms with Gasteiger partial charge in [0.1, 0.15) is 0 Å². The summed E-state index contributed by atoms with van der Waals surface area (Å²) in [6.07, 6.45) is 0.706. The molecule has 1 N–H and O–H groups in total. The second-order valence-electron chi connectivity index (χ2n) is 4.34. The summed E-state index contributed by atoms with van der Waals surface area (Å²) < 4.78 is 0.738. The summed E-state index contributed by atoms with van der Waals surface area (Å²) >= 11 is 9.22. The van der Waals surface area contributed by atoms with Crippen molar-refractivity contribution in [3.63, 3.8) is 0 Å². The minimum atomic E-state index is -0.248. The molecule has 0 aliphatic heterocycles. The van der Waals surface area contributed by atoms with Gasteiger partial charge in [0.2, 0.25) is 0 Å². The first-order valence-electron chi connectivity index (χ1n) is 6.49. The highest BCUT2D eigenvalue weighted by Crippen LogP contribution is 2.16. The topological polar surface area (TPSA) is 41.5 Å². The number of nitrogens with one attached hydrogen (secondary N) is 1. The van der Waals surface area contributed by atoms with Crippen molar-refractivity contribution in [1.29, 1.82) is 0 Å². The Bertz CT molecular complexity index is 668. The number of rotatable bonds is 4. The van der Waals surface area contributed by atoms with E-state index in [4.69, 9.17) is 11.6 Å². The van der Waals surface area contributed by atoms with Crippen molar-refractivity contribution in [2.24, 2.45) is 5.10 Å². The number of hydrazone groups is 1. The molecular formula is C16H14BrClN2O. The fraction of sp³-hybridized carbons (Fsp3) is 0.125. The number of carbonyl (C=O) groups excluding carboxylic acids is 1. The van der Waals surface area contributed by atoms with Gasteiger partial charge in [-0.15, -0.1) is 0 Å². The molecule has 0 heterocycles. The average molecular weight is 366 g/mol. The van der Waals surface area contributed by atoms with Gasteiger partial charge in [-0.3, -0.25) is 4.79 Å². The Morgan fingerprint density at radius 1 is 1.19 bits per heavy atom. The van der Waals surface area contributed by atoms with Crippen LogP contribution in [0.1, 0.15) is 29.3 Å². The molecule has 0 aliphatic carbocycles. The van der Waals surface area contributed by atoms with Crippen LogP contribution in [-0.2, 0) is 0 Å². The lowest BCUT2D eigenvalue weighted by atomic mass is 10.1. The van der Waals surface area contributed by atoms with Gasteiger partial charge in [-0.05, 0) is 52.2 Å². The minimum absolute atomic E-state index is 0.248. The van der Waals surface area contributed by atoms with Crippen LogP contribution < -0.4 is 5.43 Å². The van der Waals surface area contributed by atoms with Crippen LogP contribution in [0.2, 0.25) is 5.02 Å². The molecule has 2 aromatic carbocycles. The molecular weight excluding hydrogens is 352 g/mol. The van der Waals surface area contributed by atoms with Gasteiger partial charge in [0.15, 0.2) is 0 Å². The Morgan fingerprint density at radius 2 is 1.86 bits per heavy atom. The van der Waals surface area contributed by atoms with E-state index in [1.807, 2.05) is 37.3 Å². The molecule has 5 heteroatoms. The zero-order chi connectivity index (χ0) is 15.2. The summed E-state index contributed by atoms with van der Waals surface area (Å²) in [4.78, 5) is 12.1. The van der Waals surface area contributed by atoms with Crippen LogP contribution in [-0.4, -0.2) is 11.6 Å². The molecule has 0 spiro atoms. The third kappa shape index (κ3) is 4.16. The van der Waals surface area contributed by atoms with E-state index >= 15 is 0 Å². The van der Waals surface area contributed by atoms with Crippen molar-refractivity contribution in [2.45, 2.75) is 13.3 Å². The maximum absolute atomic E-state index is 12.1. The largest absolute Gasteiger partial charge is 0.272 e. The van der Waals surface area contributed by atoms with Gasteiger partial charge in [0, 0.05) is 9.50 Å². The fourth-order valence-corrected chi connectivity index (χ4v) is 2.40. The summed E-state index contributed by atoms with van der Waals surface area (Å²) in [5.41, 5.74) is 4.88. The van der Waals surface area contributed by atoms with E-state index in [0.717, 1.165) is 15.7 Å². The van der Waals surface area contributed by atoms with Gasteiger partial charge in [-0.1, -0.05) is 42.8 Å². The van der Waals surface area contributed by atoms with E-state index in [-0.39, 0.29) is 5.91 Å². The van der Waals surface area contributed by atoms with Gasteiger partial charge >= 0.3 is 0 Å². The van der Waals surface area contributed by atoms with Crippen LogP contribution in [0.3, 0.4) is 0 Å². The molecule has 0 radical (unpaired) electrons. The van der Waals surface area contributed by atoms with Crippen molar-refractivity contribution >= 4 is 39.1 Å². The summed E-state index contributed by atoms with van der Waals surface area (Å²) in [6.45, 7) is 1.98. The molecule has 21 heavy (non-hydrogen) atoms. The lowest BCUT2D eigenvalue weighted by Gasteiger charge is -2.06. The van der Waals surface area contributed by atoms with Gasteiger partial charge in [0.05, 0.1) is 11.3 Å². The van der Waals surface area contributed by atoms with Crippen LogP contribution in [0.5, 0.6) is 0 Å². The molecule has 0 aromatic heterocycles. The molecule has 2 rings (SSSR count). The first-order chi connectivity index (χ1) is 10.1. The zero-order valence-electron chi connectivity index (χ0n) is 11.4. The van der Waals surface area contributed by atoms with Gasteiger partial charge in [-0.25, -0.2) is 5.43 Å². The molecule has 3 nitrogen and oxygen atoms in total. The molecule has 1 amide bonds. The van der Waals surface area contributed by atoms with E-state index in [1.165, 1.54) is 0 Å². The van der Waals surface area contributed by atoms with Crippen LogP contribution in [0, 0.1) is 0 Å². The van der Waals surface area contributed by atoms with Crippen LogP contribution >= 0.6 is 27.5 Å². The molecule has 0 unspecified atom stereocenters. The molecule has 0 aliphatic rings. The Morgan fingerprint density at radius 3 is 2.48 bits per heavy atom. The third-order valence-corrected chi connectivity index (χ3v) is 3.87. The summed E-state index contributed by atoms with van der Waals surface area (Å²) in [5, 5.41) is 4.89. The standard InChI is InChI=1S/C16H14BrClN2O/c1-2-15(11-7-9-12(18)10-8-11)19-20-16(21)13-5-3-4-6-14(13)17/h3-10H,2H2,1H3,(H,20,21). The van der Waals surface area contributed by atoms with Crippen LogP contribution in [0.25, 0.3) is 0 Å². The number of nitrogens with zero attached hydrogens (tertiary/aromatic N) is 1. The SMILES string of the molecule is CCC(=NNC(=O)c1ccccc1Br)c1ccc(Cl)cc1. The predicted octanol–water partition coefficient (Wildman–Crippen LogP) is 4.65. The van der Waals surface area contributed by atoms with Crippen molar-refractivity contribution < 1.29 is 4.79 Å². The Kier molecular flexibility index (Phi) is 5.53. The highest BCUT2D eigenvalue weighted by molar-refractivity contribution is 9.10. The van der Waals surface area contributed by atoms with Gasteiger partial charge < -0.3 is 0 Å². The Labute approximate surface area is 137 Å². The normalized spacial score (nSPS) is 11.3. The van der Waals surface area contributed by atoms with Crippen molar-refractivity contribution in [3.05, 3.63) is 69.2 Å². The zero-order valence-corrected chi connectivity index (χ0v) is 13.8. The van der Waals surface area contributed by atoms with Crippen molar-refractivity contribution in [3.8, 4) is 0 Å².